The van der Waals surface area contributed by atoms with Gasteiger partial charge in [0.25, 0.3) is 0 Å². The highest BCUT2D eigenvalue weighted by Gasteiger charge is 2.17. The monoisotopic (exact) mass is 323 g/mol. The minimum absolute atomic E-state index is 0.0491. The molecule has 1 aromatic carbocycles. The Hall–Kier alpha value is -0.890. The Balaban J connectivity index is 2.61. The lowest BCUT2D eigenvalue weighted by molar-refractivity contribution is 0.459. The highest BCUT2D eigenvalue weighted by molar-refractivity contribution is 7.90. The average Bonchev–Trinajstić information content (AvgIpc) is 2.38. The summed E-state index contributed by atoms with van der Waals surface area (Å²) in [5.41, 5.74) is 0.144. The van der Waals surface area contributed by atoms with Crippen molar-refractivity contribution in [3.05, 3.63) is 29.0 Å². The van der Waals surface area contributed by atoms with Crippen LogP contribution in [0.4, 0.5) is 10.1 Å². The van der Waals surface area contributed by atoms with Crippen molar-refractivity contribution < 1.29 is 12.8 Å². The van der Waals surface area contributed by atoms with Gasteiger partial charge in [0, 0.05) is 13.6 Å². The van der Waals surface area contributed by atoms with Gasteiger partial charge < -0.3 is 5.32 Å². The van der Waals surface area contributed by atoms with Crippen molar-refractivity contribution in [1.29, 1.82) is 0 Å². The van der Waals surface area contributed by atoms with Gasteiger partial charge in [0.2, 0.25) is 0 Å². The summed E-state index contributed by atoms with van der Waals surface area (Å²) in [6, 6.07) is 3.77. The van der Waals surface area contributed by atoms with E-state index in [0.717, 1.165) is 19.2 Å². The van der Waals surface area contributed by atoms with Crippen LogP contribution in [0, 0.1) is 5.82 Å². The second-order valence-electron chi connectivity index (χ2n) is 4.26. The van der Waals surface area contributed by atoms with Gasteiger partial charge in [-0.1, -0.05) is 18.5 Å². The lowest BCUT2D eigenvalue weighted by Crippen LogP contribution is -2.34. The summed E-state index contributed by atoms with van der Waals surface area (Å²) in [7, 11) is -2.21. The number of halogens is 2. The van der Waals surface area contributed by atoms with Crippen molar-refractivity contribution in [3.63, 3.8) is 0 Å². The van der Waals surface area contributed by atoms with E-state index in [9.17, 15) is 12.8 Å². The van der Waals surface area contributed by atoms with Gasteiger partial charge in [0.15, 0.2) is 0 Å². The maximum absolute atomic E-state index is 13.3. The highest BCUT2D eigenvalue weighted by Crippen LogP contribution is 2.19. The average molecular weight is 324 g/mol. The molecular weight excluding hydrogens is 305 g/mol. The number of benzene rings is 1. The van der Waals surface area contributed by atoms with Crippen LogP contribution in [0.5, 0.6) is 0 Å². The van der Waals surface area contributed by atoms with Gasteiger partial charge in [-0.05, 0) is 37.7 Å². The lowest BCUT2D eigenvalue weighted by Gasteiger charge is -2.18. The van der Waals surface area contributed by atoms with Crippen LogP contribution in [0.15, 0.2) is 18.2 Å². The number of nitrogens with one attached hydrogen (secondary N) is 2. The van der Waals surface area contributed by atoms with Crippen LogP contribution in [-0.2, 0) is 10.2 Å². The topological polar surface area (TPSA) is 61.4 Å². The predicted octanol–water partition coefficient (Wildman–Crippen LogP) is 2.07. The molecule has 1 rings (SSSR count). The molecular formula is C12H19ClFN3O2S. The molecule has 0 radical (unpaired) electrons. The Labute approximate surface area is 124 Å². The first-order valence-corrected chi connectivity index (χ1v) is 8.08. The van der Waals surface area contributed by atoms with E-state index in [0.29, 0.717) is 13.0 Å². The quantitative estimate of drug-likeness (QED) is 0.720. The van der Waals surface area contributed by atoms with E-state index >= 15 is 0 Å². The first-order valence-electron chi connectivity index (χ1n) is 6.26. The zero-order valence-corrected chi connectivity index (χ0v) is 13.1. The molecule has 8 heteroatoms. The summed E-state index contributed by atoms with van der Waals surface area (Å²) in [6.07, 6.45) is 0.695. The van der Waals surface area contributed by atoms with Crippen LogP contribution in [0.25, 0.3) is 0 Å². The smallest absolute Gasteiger partial charge is 0.301 e. The van der Waals surface area contributed by atoms with Crippen LogP contribution in [0.3, 0.4) is 0 Å². The van der Waals surface area contributed by atoms with Gasteiger partial charge in [-0.3, -0.25) is 4.72 Å². The van der Waals surface area contributed by atoms with Gasteiger partial charge in [-0.25, -0.2) is 4.39 Å². The zero-order valence-electron chi connectivity index (χ0n) is 11.5. The van der Waals surface area contributed by atoms with Crippen LogP contribution in [0.1, 0.15) is 13.3 Å². The van der Waals surface area contributed by atoms with E-state index in [1.165, 1.54) is 23.5 Å². The van der Waals surface area contributed by atoms with Crippen molar-refractivity contribution in [2.45, 2.75) is 13.3 Å². The Kier molecular flexibility index (Phi) is 6.67. The van der Waals surface area contributed by atoms with Crippen LogP contribution < -0.4 is 10.0 Å². The summed E-state index contributed by atoms with van der Waals surface area (Å²) in [5, 5.41) is 3.06. The number of rotatable bonds is 8. The molecule has 0 fully saturated rings. The van der Waals surface area contributed by atoms with Crippen molar-refractivity contribution in [3.8, 4) is 0 Å². The number of anilines is 1. The molecule has 0 aliphatic rings. The van der Waals surface area contributed by atoms with Gasteiger partial charge in [-0.2, -0.15) is 12.7 Å². The summed E-state index contributed by atoms with van der Waals surface area (Å²) >= 11 is 5.54. The van der Waals surface area contributed by atoms with Gasteiger partial charge >= 0.3 is 10.2 Å². The maximum atomic E-state index is 13.3. The third kappa shape index (κ3) is 5.24. The Morgan fingerprint density at radius 1 is 1.40 bits per heavy atom. The fourth-order valence-corrected chi connectivity index (χ4v) is 2.58. The lowest BCUT2D eigenvalue weighted by atomic mass is 10.3. The fourth-order valence-electron chi connectivity index (χ4n) is 1.51. The van der Waals surface area contributed by atoms with Crippen LogP contribution >= 0.6 is 11.6 Å². The molecule has 0 spiro atoms. The summed E-state index contributed by atoms with van der Waals surface area (Å²) in [5.74, 6) is -0.665. The van der Waals surface area contributed by atoms with E-state index in [1.54, 1.807) is 0 Å². The Bertz CT molecular complexity index is 540. The van der Waals surface area contributed by atoms with E-state index in [4.69, 9.17) is 11.6 Å². The summed E-state index contributed by atoms with van der Waals surface area (Å²) in [4.78, 5) is 0. The largest absolute Gasteiger partial charge is 0.317 e. The molecule has 114 valence electrons. The minimum atomic E-state index is -3.68. The first kappa shape index (κ1) is 17.2. The molecule has 0 aliphatic carbocycles. The standard InChI is InChI=1S/C12H19ClFN3O2S/c1-3-15-7-4-8-17(2)20(18,19)16-10-5-6-11(13)12(14)9-10/h5-6,9,15-16H,3-4,7-8H2,1-2H3. The molecule has 0 aromatic heterocycles. The van der Waals surface area contributed by atoms with Gasteiger partial charge in [-0.15, -0.1) is 0 Å². The molecule has 2 N–H and O–H groups in total. The van der Waals surface area contributed by atoms with E-state index in [-0.39, 0.29) is 10.7 Å². The number of hydrogen-bond acceptors (Lipinski definition) is 3. The van der Waals surface area contributed by atoms with Crippen molar-refractivity contribution in [2.24, 2.45) is 0 Å². The van der Waals surface area contributed by atoms with Crippen molar-refractivity contribution >= 4 is 27.5 Å². The molecule has 20 heavy (non-hydrogen) atoms. The molecule has 0 aliphatic heterocycles. The van der Waals surface area contributed by atoms with Crippen LogP contribution in [-0.4, -0.2) is 39.4 Å². The maximum Gasteiger partial charge on any atom is 0.301 e. The molecule has 0 saturated heterocycles. The van der Waals surface area contributed by atoms with E-state index < -0.39 is 16.0 Å². The van der Waals surface area contributed by atoms with Crippen molar-refractivity contribution in [2.75, 3.05) is 31.4 Å². The number of nitrogens with zero attached hydrogens (tertiary/aromatic N) is 1. The molecule has 0 heterocycles. The van der Waals surface area contributed by atoms with E-state index in [1.807, 2.05) is 6.92 Å². The number of hydrogen-bond donors (Lipinski definition) is 2. The molecule has 1 aromatic rings. The second-order valence-corrected chi connectivity index (χ2v) is 6.45. The fraction of sp³-hybridized carbons (Fsp3) is 0.500. The Morgan fingerprint density at radius 3 is 2.70 bits per heavy atom. The molecule has 5 nitrogen and oxygen atoms in total. The van der Waals surface area contributed by atoms with Gasteiger partial charge in [0.05, 0.1) is 10.7 Å². The second kappa shape index (κ2) is 7.78. The first-order chi connectivity index (χ1) is 9.36. The minimum Gasteiger partial charge on any atom is -0.317 e. The summed E-state index contributed by atoms with van der Waals surface area (Å²) in [6.45, 7) is 3.94. The van der Waals surface area contributed by atoms with E-state index in [2.05, 4.69) is 10.0 Å². The highest BCUT2D eigenvalue weighted by atomic mass is 35.5. The van der Waals surface area contributed by atoms with Gasteiger partial charge in [0.1, 0.15) is 5.82 Å². The molecule has 0 unspecified atom stereocenters. The molecule has 0 amide bonds. The molecule has 0 saturated carbocycles. The van der Waals surface area contributed by atoms with Crippen molar-refractivity contribution in [1.82, 2.24) is 9.62 Å². The van der Waals surface area contributed by atoms with Crippen LogP contribution in [0.2, 0.25) is 5.02 Å². The predicted molar refractivity (Wildman–Crippen MR) is 79.7 cm³/mol. The third-order valence-electron chi connectivity index (χ3n) is 2.65. The summed E-state index contributed by atoms with van der Waals surface area (Å²) < 4.78 is 40.7. The molecule has 0 bridgehead atoms. The molecule has 0 atom stereocenters. The Morgan fingerprint density at radius 2 is 2.10 bits per heavy atom. The normalized spacial score (nSPS) is 11.8. The zero-order chi connectivity index (χ0) is 15.2. The SMILES string of the molecule is CCNCCCN(C)S(=O)(=O)Nc1ccc(Cl)c(F)c1. The third-order valence-corrected chi connectivity index (χ3v) is 4.46.